The molecule has 0 unspecified atom stereocenters. The second kappa shape index (κ2) is 8.03. The first-order chi connectivity index (χ1) is 14.4. The number of hydrogen-bond acceptors (Lipinski definition) is 3. The molecule has 154 valence electrons. The first-order valence-corrected chi connectivity index (χ1v) is 9.84. The Morgan fingerprint density at radius 1 is 1.13 bits per heavy atom. The van der Waals surface area contributed by atoms with Crippen molar-refractivity contribution >= 4 is 17.5 Å². The summed E-state index contributed by atoms with van der Waals surface area (Å²) in [5.74, 6) is -0.441. The van der Waals surface area contributed by atoms with Gasteiger partial charge >= 0.3 is 6.61 Å². The molecule has 0 bridgehead atoms. The molecular formula is C23H19ClF2N2O2. The largest absolute Gasteiger partial charge is 0.416 e. The summed E-state index contributed by atoms with van der Waals surface area (Å²) in [4.78, 5) is 15.8. The SMILES string of the molecule is NC(=O)C1(c2ccc(Cc3cnc(OC(F)F)c(-c4cccc(Cl)c4)c3)cc2)CC1. The van der Waals surface area contributed by atoms with Crippen molar-refractivity contribution in [1.82, 2.24) is 4.98 Å². The molecule has 1 aliphatic rings. The zero-order valence-electron chi connectivity index (χ0n) is 15.9. The first kappa shape index (κ1) is 20.3. The van der Waals surface area contributed by atoms with Gasteiger partial charge in [0.15, 0.2) is 0 Å². The second-order valence-electron chi connectivity index (χ2n) is 7.41. The fourth-order valence-corrected chi connectivity index (χ4v) is 3.80. The Morgan fingerprint density at radius 2 is 1.87 bits per heavy atom. The quantitative estimate of drug-likeness (QED) is 0.568. The van der Waals surface area contributed by atoms with Crippen molar-refractivity contribution < 1.29 is 18.3 Å². The van der Waals surface area contributed by atoms with Crippen molar-refractivity contribution in [3.05, 3.63) is 82.5 Å². The van der Waals surface area contributed by atoms with Gasteiger partial charge in [-0.05, 0) is 59.7 Å². The predicted molar refractivity (Wildman–Crippen MR) is 111 cm³/mol. The number of hydrogen-bond donors (Lipinski definition) is 1. The highest BCUT2D eigenvalue weighted by molar-refractivity contribution is 6.30. The van der Waals surface area contributed by atoms with Crippen LogP contribution in [0.4, 0.5) is 8.78 Å². The second-order valence-corrected chi connectivity index (χ2v) is 7.84. The molecule has 4 nitrogen and oxygen atoms in total. The van der Waals surface area contributed by atoms with Gasteiger partial charge in [-0.2, -0.15) is 8.78 Å². The molecule has 1 heterocycles. The summed E-state index contributed by atoms with van der Waals surface area (Å²) < 4.78 is 30.2. The molecule has 0 atom stereocenters. The summed E-state index contributed by atoms with van der Waals surface area (Å²) >= 11 is 6.06. The van der Waals surface area contributed by atoms with Crippen LogP contribution in [0.15, 0.2) is 60.8 Å². The summed E-state index contributed by atoms with van der Waals surface area (Å²) in [6.45, 7) is -2.98. The Labute approximate surface area is 177 Å². The van der Waals surface area contributed by atoms with Crippen molar-refractivity contribution in [2.75, 3.05) is 0 Å². The smallest absolute Gasteiger partial charge is 0.388 e. The molecule has 0 aliphatic heterocycles. The maximum absolute atomic E-state index is 12.8. The van der Waals surface area contributed by atoms with Gasteiger partial charge in [0, 0.05) is 16.8 Å². The van der Waals surface area contributed by atoms with Crippen LogP contribution >= 0.6 is 11.6 Å². The number of nitrogens with zero attached hydrogens (tertiary/aromatic N) is 1. The number of aromatic nitrogens is 1. The number of primary amides is 1. The van der Waals surface area contributed by atoms with Crippen LogP contribution < -0.4 is 10.5 Å². The van der Waals surface area contributed by atoms with Crippen LogP contribution in [0.1, 0.15) is 29.5 Å². The lowest BCUT2D eigenvalue weighted by Crippen LogP contribution is -2.28. The van der Waals surface area contributed by atoms with E-state index in [1.807, 2.05) is 24.3 Å². The third-order valence-corrected chi connectivity index (χ3v) is 5.62. The van der Waals surface area contributed by atoms with Gasteiger partial charge in [0.25, 0.3) is 0 Å². The number of benzene rings is 2. The molecule has 7 heteroatoms. The summed E-state index contributed by atoms with van der Waals surface area (Å²) in [5.41, 5.74) is 8.85. The summed E-state index contributed by atoms with van der Waals surface area (Å²) in [6.07, 6.45) is 3.62. The van der Waals surface area contributed by atoms with Gasteiger partial charge in [-0.15, -0.1) is 0 Å². The molecule has 0 spiro atoms. The topological polar surface area (TPSA) is 65.2 Å². The monoisotopic (exact) mass is 428 g/mol. The van der Waals surface area contributed by atoms with E-state index in [-0.39, 0.29) is 11.8 Å². The molecule has 2 aromatic carbocycles. The number of carbonyl (C=O) groups is 1. The Morgan fingerprint density at radius 3 is 2.47 bits per heavy atom. The fourth-order valence-electron chi connectivity index (χ4n) is 3.61. The molecule has 0 saturated heterocycles. The van der Waals surface area contributed by atoms with Crippen molar-refractivity contribution in [2.45, 2.75) is 31.3 Å². The van der Waals surface area contributed by atoms with Crippen molar-refractivity contribution in [3.8, 4) is 17.0 Å². The van der Waals surface area contributed by atoms with Crippen LogP contribution in [0.2, 0.25) is 5.02 Å². The van der Waals surface area contributed by atoms with Crippen LogP contribution in [-0.2, 0) is 16.6 Å². The van der Waals surface area contributed by atoms with E-state index in [4.69, 9.17) is 17.3 Å². The number of pyridine rings is 1. The highest BCUT2D eigenvalue weighted by Crippen LogP contribution is 2.47. The number of halogens is 3. The lowest BCUT2D eigenvalue weighted by atomic mass is 9.93. The van der Waals surface area contributed by atoms with E-state index in [9.17, 15) is 13.6 Å². The average Bonchev–Trinajstić information content (AvgIpc) is 3.51. The van der Waals surface area contributed by atoms with Gasteiger partial charge < -0.3 is 10.5 Å². The summed E-state index contributed by atoms with van der Waals surface area (Å²) in [6, 6.07) is 16.4. The van der Waals surface area contributed by atoms with Crippen molar-refractivity contribution in [1.29, 1.82) is 0 Å². The van der Waals surface area contributed by atoms with Crippen molar-refractivity contribution in [3.63, 3.8) is 0 Å². The van der Waals surface area contributed by atoms with E-state index >= 15 is 0 Å². The number of alkyl halides is 2. The Hall–Kier alpha value is -2.99. The standard InChI is InChI=1S/C23H19ClF2N2O2/c24-18-3-1-2-16(12-18)19-11-15(13-28-20(19)30-22(25)26)10-14-4-6-17(7-5-14)23(8-9-23)21(27)29/h1-7,11-13,22H,8-10H2,(H2,27,29). The van der Waals surface area contributed by atoms with E-state index in [0.717, 1.165) is 29.5 Å². The van der Waals surface area contributed by atoms with Crippen LogP contribution in [0.5, 0.6) is 5.88 Å². The molecule has 1 saturated carbocycles. The van der Waals surface area contributed by atoms with Crippen LogP contribution in [0.3, 0.4) is 0 Å². The minimum atomic E-state index is -2.98. The minimum Gasteiger partial charge on any atom is -0.416 e. The number of carbonyl (C=O) groups excluding carboxylic acids is 1. The molecular weight excluding hydrogens is 410 g/mol. The Balaban J connectivity index is 1.62. The third kappa shape index (κ3) is 4.14. The maximum atomic E-state index is 12.8. The van der Waals surface area contributed by atoms with Gasteiger partial charge in [0.1, 0.15) is 0 Å². The van der Waals surface area contributed by atoms with Gasteiger partial charge in [-0.25, -0.2) is 4.98 Å². The number of ether oxygens (including phenoxy) is 1. The van der Waals surface area contributed by atoms with Crippen LogP contribution in [-0.4, -0.2) is 17.5 Å². The normalized spacial score (nSPS) is 14.5. The molecule has 1 fully saturated rings. The van der Waals surface area contributed by atoms with Gasteiger partial charge in [0.05, 0.1) is 5.41 Å². The van der Waals surface area contributed by atoms with Gasteiger partial charge in [0.2, 0.25) is 11.8 Å². The maximum Gasteiger partial charge on any atom is 0.388 e. The van der Waals surface area contributed by atoms with Crippen LogP contribution in [0.25, 0.3) is 11.1 Å². The highest BCUT2D eigenvalue weighted by atomic mass is 35.5. The molecule has 1 aliphatic carbocycles. The lowest BCUT2D eigenvalue weighted by molar-refractivity contribution is -0.120. The zero-order chi connectivity index (χ0) is 21.3. The van der Waals surface area contributed by atoms with Gasteiger partial charge in [-0.3, -0.25) is 4.79 Å². The third-order valence-electron chi connectivity index (χ3n) is 5.38. The average molecular weight is 429 g/mol. The molecule has 30 heavy (non-hydrogen) atoms. The van der Waals surface area contributed by atoms with E-state index in [1.165, 1.54) is 6.20 Å². The van der Waals surface area contributed by atoms with Gasteiger partial charge in [-0.1, -0.05) is 48.0 Å². The van der Waals surface area contributed by atoms with Crippen LogP contribution in [0, 0.1) is 0 Å². The van der Waals surface area contributed by atoms with E-state index in [2.05, 4.69) is 9.72 Å². The first-order valence-electron chi connectivity index (χ1n) is 9.46. The lowest BCUT2D eigenvalue weighted by Gasteiger charge is -2.13. The molecule has 1 aromatic heterocycles. The summed E-state index contributed by atoms with van der Waals surface area (Å²) in [5, 5.41) is 0.486. The van der Waals surface area contributed by atoms with E-state index in [0.29, 0.717) is 22.6 Å². The number of rotatable bonds is 7. The molecule has 4 rings (SSSR count). The molecule has 2 N–H and O–H groups in total. The van der Waals surface area contributed by atoms with E-state index in [1.54, 1.807) is 30.3 Å². The van der Waals surface area contributed by atoms with E-state index < -0.39 is 12.0 Å². The molecule has 3 aromatic rings. The predicted octanol–water partition coefficient (Wildman–Crippen LogP) is 5.11. The number of amides is 1. The zero-order valence-corrected chi connectivity index (χ0v) is 16.7. The number of nitrogens with two attached hydrogens (primary N) is 1. The Kier molecular flexibility index (Phi) is 5.43. The Bertz CT molecular complexity index is 1080. The molecule has 1 amide bonds. The fraction of sp³-hybridized carbons (Fsp3) is 0.217. The minimum absolute atomic E-state index is 0.150. The van der Waals surface area contributed by atoms with Crippen molar-refractivity contribution in [2.24, 2.45) is 5.73 Å². The highest BCUT2D eigenvalue weighted by Gasteiger charge is 2.49. The molecule has 0 radical (unpaired) electrons. The summed E-state index contributed by atoms with van der Waals surface area (Å²) in [7, 11) is 0.